The maximum absolute atomic E-state index is 13.0. The Hall–Kier alpha value is -2.93. The normalized spacial score (nSPS) is 11.6. The average Bonchev–Trinajstić information content (AvgIpc) is 3.27. The molecular formula is C19H22N6O. The van der Waals surface area contributed by atoms with Gasteiger partial charge < -0.3 is 14.9 Å². The molecule has 7 nitrogen and oxygen atoms in total. The van der Waals surface area contributed by atoms with Gasteiger partial charge in [0.05, 0.1) is 17.4 Å². The fraction of sp³-hybridized carbons (Fsp3) is 0.316. The first-order chi connectivity index (χ1) is 12.6. The van der Waals surface area contributed by atoms with E-state index in [-0.39, 0.29) is 5.56 Å². The van der Waals surface area contributed by atoms with Crippen molar-refractivity contribution in [2.24, 2.45) is 0 Å². The van der Waals surface area contributed by atoms with E-state index < -0.39 is 0 Å². The van der Waals surface area contributed by atoms with Gasteiger partial charge in [-0.3, -0.25) is 9.89 Å². The lowest BCUT2D eigenvalue weighted by molar-refractivity contribution is 0.575. The summed E-state index contributed by atoms with van der Waals surface area (Å²) in [4.78, 5) is 20.3. The molecule has 0 aliphatic heterocycles. The van der Waals surface area contributed by atoms with Gasteiger partial charge in [0.25, 0.3) is 5.56 Å². The number of pyridine rings is 1. The molecule has 3 N–H and O–H groups in total. The zero-order valence-corrected chi connectivity index (χ0v) is 15.0. The molecule has 0 saturated heterocycles. The summed E-state index contributed by atoms with van der Waals surface area (Å²) in [5.74, 6) is 0.915. The molecule has 3 heterocycles. The van der Waals surface area contributed by atoms with Gasteiger partial charge in [-0.05, 0) is 38.9 Å². The molecule has 4 rings (SSSR count). The molecule has 1 aromatic carbocycles. The third-order valence-corrected chi connectivity index (χ3v) is 4.69. The first-order valence-corrected chi connectivity index (χ1v) is 8.82. The Balaban J connectivity index is 1.61. The summed E-state index contributed by atoms with van der Waals surface area (Å²) in [6.07, 6.45) is 4.41. The lowest BCUT2D eigenvalue weighted by atomic mass is 10.1. The number of aromatic amines is 2. The number of imidazole rings is 1. The Morgan fingerprint density at radius 3 is 2.96 bits per heavy atom. The maximum Gasteiger partial charge on any atom is 0.262 e. The van der Waals surface area contributed by atoms with Crippen molar-refractivity contribution in [3.63, 3.8) is 0 Å². The maximum atomic E-state index is 13.0. The highest BCUT2D eigenvalue weighted by Crippen LogP contribution is 2.24. The summed E-state index contributed by atoms with van der Waals surface area (Å²) < 4.78 is 1.87. The van der Waals surface area contributed by atoms with Crippen molar-refractivity contribution >= 4 is 21.8 Å². The van der Waals surface area contributed by atoms with E-state index in [1.807, 2.05) is 29.8 Å². The molecule has 0 bridgehead atoms. The van der Waals surface area contributed by atoms with Crippen LogP contribution in [0.2, 0.25) is 0 Å². The number of fused-ring (bicyclic) bond motifs is 3. The molecule has 0 unspecified atom stereocenters. The molecular weight excluding hydrogens is 328 g/mol. The minimum Gasteiger partial charge on any atom is -0.348 e. The molecule has 26 heavy (non-hydrogen) atoms. The molecule has 0 amide bonds. The topological polar surface area (TPSA) is 91.4 Å². The van der Waals surface area contributed by atoms with Gasteiger partial charge in [-0.2, -0.15) is 5.10 Å². The zero-order valence-electron chi connectivity index (χ0n) is 15.0. The minimum absolute atomic E-state index is 0.0219. The van der Waals surface area contributed by atoms with Crippen LogP contribution in [0.25, 0.3) is 21.8 Å². The summed E-state index contributed by atoms with van der Waals surface area (Å²) in [7, 11) is 0. The van der Waals surface area contributed by atoms with E-state index in [4.69, 9.17) is 0 Å². The van der Waals surface area contributed by atoms with E-state index in [9.17, 15) is 4.79 Å². The van der Waals surface area contributed by atoms with Gasteiger partial charge in [0.2, 0.25) is 0 Å². The second-order valence-corrected chi connectivity index (χ2v) is 6.62. The van der Waals surface area contributed by atoms with Crippen molar-refractivity contribution in [2.45, 2.75) is 33.4 Å². The van der Waals surface area contributed by atoms with E-state index >= 15 is 0 Å². The number of nitrogens with one attached hydrogen (secondary N) is 3. The van der Waals surface area contributed by atoms with Crippen molar-refractivity contribution in [3.05, 3.63) is 58.0 Å². The number of aromatic nitrogens is 5. The van der Waals surface area contributed by atoms with Crippen molar-refractivity contribution < 1.29 is 0 Å². The predicted molar refractivity (Wildman–Crippen MR) is 102 cm³/mol. The summed E-state index contributed by atoms with van der Waals surface area (Å²) in [5.41, 5.74) is 3.69. The van der Waals surface area contributed by atoms with E-state index in [2.05, 4.69) is 38.5 Å². The van der Waals surface area contributed by atoms with Crippen LogP contribution < -0.4 is 10.9 Å². The smallest absolute Gasteiger partial charge is 0.262 e. The van der Waals surface area contributed by atoms with Crippen molar-refractivity contribution in [2.75, 3.05) is 6.54 Å². The summed E-state index contributed by atoms with van der Waals surface area (Å²) in [6, 6.07) is 6.16. The Morgan fingerprint density at radius 1 is 1.27 bits per heavy atom. The van der Waals surface area contributed by atoms with Crippen LogP contribution in [-0.4, -0.2) is 31.3 Å². The monoisotopic (exact) mass is 350 g/mol. The third-order valence-electron chi connectivity index (χ3n) is 4.69. The quantitative estimate of drug-likeness (QED) is 0.466. The molecule has 0 aliphatic rings. The third kappa shape index (κ3) is 2.90. The van der Waals surface area contributed by atoms with Gasteiger partial charge in [0.15, 0.2) is 0 Å². The first kappa shape index (κ1) is 16.5. The van der Waals surface area contributed by atoms with Crippen LogP contribution in [0.1, 0.15) is 23.5 Å². The van der Waals surface area contributed by atoms with Crippen LogP contribution in [0, 0.1) is 13.8 Å². The number of hydrogen-bond donors (Lipinski definition) is 3. The summed E-state index contributed by atoms with van der Waals surface area (Å²) in [6.45, 7) is 6.11. The number of aryl methyl sites for hydroxylation is 3. The second kappa shape index (κ2) is 6.76. The highest BCUT2D eigenvalue weighted by atomic mass is 16.1. The molecule has 0 atom stereocenters. The summed E-state index contributed by atoms with van der Waals surface area (Å²) in [5, 5.41) is 12.4. The van der Waals surface area contributed by atoms with Crippen LogP contribution in [0.3, 0.4) is 0 Å². The lowest BCUT2D eigenvalue weighted by Gasteiger charge is -2.12. The van der Waals surface area contributed by atoms with Crippen LogP contribution >= 0.6 is 0 Å². The number of benzene rings is 1. The van der Waals surface area contributed by atoms with Gasteiger partial charge in [0, 0.05) is 30.0 Å². The highest BCUT2D eigenvalue weighted by Gasteiger charge is 2.15. The zero-order chi connectivity index (χ0) is 18.1. The molecule has 0 saturated carbocycles. The molecule has 4 aromatic rings. The number of H-pyrrole nitrogens is 2. The van der Waals surface area contributed by atoms with Gasteiger partial charge in [-0.15, -0.1) is 0 Å². The molecule has 3 aromatic heterocycles. The Bertz CT molecular complexity index is 1110. The van der Waals surface area contributed by atoms with E-state index in [0.29, 0.717) is 18.5 Å². The standard InChI is InChI=1S/C19H22N6O/c1-12-4-5-15-14(10-12)18-17(13(2)23-24-18)19(26)25(15)9-3-6-20-11-16-21-7-8-22-16/h4-5,7-8,10,20H,3,6,9,11H2,1-2H3,(H,21,22)(H,23,24). The largest absolute Gasteiger partial charge is 0.348 e. The fourth-order valence-electron chi connectivity index (χ4n) is 3.39. The molecule has 0 fully saturated rings. The minimum atomic E-state index is 0.0219. The van der Waals surface area contributed by atoms with Crippen molar-refractivity contribution in [1.29, 1.82) is 0 Å². The fourth-order valence-corrected chi connectivity index (χ4v) is 3.39. The molecule has 134 valence electrons. The average molecular weight is 350 g/mol. The predicted octanol–water partition coefficient (Wildman–Crippen LogP) is 2.40. The van der Waals surface area contributed by atoms with Crippen LogP contribution in [0.5, 0.6) is 0 Å². The first-order valence-electron chi connectivity index (χ1n) is 8.82. The van der Waals surface area contributed by atoms with Gasteiger partial charge in [0.1, 0.15) is 11.3 Å². The van der Waals surface area contributed by atoms with E-state index in [0.717, 1.165) is 46.5 Å². The van der Waals surface area contributed by atoms with Crippen molar-refractivity contribution in [3.8, 4) is 0 Å². The van der Waals surface area contributed by atoms with Gasteiger partial charge in [-0.1, -0.05) is 11.6 Å². The molecule has 0 spiro atoms. The second-order valence-electron chi connectivity index (χ2n) is 6.62. The van der Waals surface area contributed by atoms with Crippen LogP contribution in [-0.2, 0) is 13.1 Å². The SMILES string of the molecule is Cc1ccc2c(c1)c1n[nH]c(C)c1c(=O)n2CCCNCc1ncc[nH]1. The molecule has 0 radical (unpaired) electrons. The molecule has 7 heteroatoms. The number of hydrogen-bond acceptors (Lipinski definition) is 4. The number of rotatable bonds is 6. The summed E-state index contributed by atoms with van der Waals surface area (Å²) >= 11 is 0. The van der Waals surface area contributed by atoms with E-state index in [1.54, 1.807) is 6.20 Å². The molecule has 0 aliphatic carbocycles. The van der Waals surface area contributed by atoms with Crippen LogP contribution in [0.4, 0.5) is 0 Å². The Labute approximate surface area is 150 Å². The Kier molecular flexibility index (Phi) is 4.30. The van der Waals surface area contributed by atoms with E-state index in [1.165, 1.54) is 0 Å². The van der Waals surface area contributed by atoms with Gasteiger partial charge in [-0.25, -0.2) is 4.98 Å². The Morgan fingerprint density at radius 2 is 2.15 bits per heavy atom. The number of nitrogens with zero attached hydrogens (tertiary/aromatic N) is 3. The van der Waals surface area contributed by atoms with Gasteiger partial charge >= 0.3 is 0 Å². The van der Waals surface area contributed by atoms with Crippen LogP contribution in [0.15, 0.2) is 35.4 Å². The van der Waals surface area contributed by atoms with Crippen molar-refractivity contribution in [1.82, 2.24) is 30.0 Å². The lowest BCUT2D eigenvalue weighted by Crippen LogP contribution is -2.24. The highest BCUT2D eigenvalue weighted by molar-refractivity contribution is 6.04.